The number of furan rings is 1. The summed E-state index contributed by atoms with van der Waals surface area (Å²) in [7, 11) is 0. The standard InChI is InChI=1S/C12H12FNO3/c1-2-17-12-10(13)9(3-5-14-12)11(15)8-4-6-16-7-8/h3-7,11,15H,2H2,1H3. The van der Waals surface area contributed by atoms with E-state index in [0.717, 1.165) is 0 Å². The fourth-order valence-corrected chi connectivity index (χ4v) is 1.50. The van der Waals surface area contributed by atoms with Gasteiger partial charge >= 0.3 is 0 Å². The van der Waals surface area contributed by atoms with Crippen LogP contribution in [-0.4, -0.2) is 16.7 Å². The SMILES string of the molecule is CCOc1nccc(C(O)c2ccoc2)c1F. The zero-order valence-corrected chi connectivity index (χ0v) is 9.26. The lowest BCUT2D eigenvalue weighted by atomic mass is 10.1. The summed E-state index contributed by atoms with van der Waals surface area (Å²) in [5, 5.41) is 9.97. The van der Waals surface area contributed by atoms with E-state index in [1.54, 1.807) is 13.0 Å². The van der Waals surface area contributed by atoms with Gasteiger partial charge in [0.2, 0.25) is 0 Å². The molecule has 90 valence electrons. The maximum absolute atomic E-state index is 13.9. The Labute approximate surface area is 97.7 Å². The third-order valence-corrected chi connectivity index (χ3v) is 2.32. The second-order valence-corrected chi connectivity index (χ2v) is 3.41. The highest BCUT2D eigenvalue weighted by Crippen LogP contribution is 2.27. The molecular formula is C12H12FNO3. The van der Waals surface area contributed by atoms with E-state index in [0.29, 0.717) is 12.2 Å². The molecule has 0 spiro atoms. The first-order valence-corrected chi connectivity index (χ1v) is 5.21. The first-order valence-electron chi connectivity index (χ1n) is 5.21. The predicted molar refractivity (Wildman–Crippen MR) is 58.1 cm³/mol. The van der Waals surface area contributed by atoms with Crippen molar-refractivity contribution in [3.8, 4) is 5.88 Å². The molecule has 0 amide bonds. The number of aromatic nitrogens is 1. The minimum atomic E-state index is -1.09. The van der Waals surface area contributed by atoms with Crippen molar-refractivity contribution < 1.29 is 18.7 Å². The van der Waals surface area contributed by atoms with Gasteiger partial charge in [0.05, 0.1) is 19.1 Å². The Morgan fingerprint density at radius 2 is 2.35 bits per heavy atom. The average Bonchev–Trinajstić information content (AvgIpc) is 2.85. The molecule has 4 nitrogen and oxygen atoms in total. The molecule has 0 fully saturated rings. The lowest BCUT2D eigenvalue weighted by molar-refractivity contribution is 0.210. The van der Waals surface area contributed by atoms with Crippen LogP contribution < -0.4 is 4.74 Å². The van der Waals surface area contributed by atoms with Gasteiger partial charge in [-0.2, -0.15) is 0 Å². The highest BCUT2D eigenvalue weighted by Gasteiger charge is 2.19. The molecule has 0 aliphatic rings. The van der Waals surface area contributed by atoms with Crippen molar-refractivity contribution >= 4 is 0 Å². The molecular weight excluding hydrogens is 225 g/mol. The van der Waals surface area contributed by atoms with Crippen molar-refractivity contribution in [2.45, 2.75) is 13.0 Å². The molecule has 2 aromatic rings. The van der Waals surface area contributed by atoms with Gasteiger partial charge < -0.3 is 14.3 Å². The van der Waals surface area contributed by atoms with Crippen molar-refractivity contribution in [1.82, 2.24) is 4.98 Å². The summed E-state index contributed by atoms with van der Waals surface area (Å²) in [6.07, 6.45) is 3.09. The van der Waals surface area contributed by atoms with E-state index in [9.17, 15) is 9.50 Å². The summed E-state index contributed by atoms with van der Waals surface area (Å²) in [4.78, 5) is 3.76. The molecule has 0 aliphatic heterocycles. The van der Waals surface area contributed by atoms with Crippen LogP contribution in [0.25, 0.3) is 0 Å². The number of halogens is 1. The Bertz CT molecular complexity index is 485. The minimum Gasteiger partial charge on any atom is -0.476 e. The second kappa shape index (κ2) is 4.97. The summed E-state index contributed by atoms with van der Waals surface area (Å²) in [5.74, 6) is -0.754. The number of nitrogens with zero attached hydrogens (tertiary/aromatic N) is 1. The van der Waals surface area contributed by atoms with Crippen molar-refractivity contribution in [3.05, 3.63) is 47.8 Å². The van der Waals surface area contributed by atoms with Gasteiger partial charge in [-0.05, 0) is 19.1 Å². The Morgan fingerprint density at radius 3 is 3.00 bits per heavy atom. The summed E-state index contributed by atoms with van der Waals surface area (Å²) in [5.41, 5.74) is 0.599. The Hall–Kier alpha value is -1.88. The molecule has 1 atom stereocenters. The number of aliphatic hydroxyl groups excluding tert-OH is 1. The van der Waals surface area contributed by atoms with E-state index in [4.69, 9.17) is 9.15 Å². The van der Waals surface area contributed by atoms with Crippen LogP contribution in [0.4, 0.5) is 4.39 Å². The molecule has 2 aromatic heterocycles. The molecule has 0 saturated heterocycles. The smallest absolute Gasteiger partial charge is 0.250 e. The van der Waals surface area contributed by atoms with Crippen LogP contribution in [-0.2, 0) is 0 Å². The molecule has 2 heterocycles. The van der Waals surface area contributed by atoms with Crippen LogP contribution in [0.3, 0.4) is 0 Å². The second-order valence-electron chi connectivity index (χ2n) is 3.41. The molecule has 0 radical (unpaired) electrons. The fraction of sp³-hybridized carbons (Fsp3) is 0.250. The maximum atomic E-state index is 13.9. The Balaban J connectivity index is 2.35. The van der Waals surface area contributed by atoms with Gasteiger partial charge in [0, 0.05) is 17.3 Å². The zero-order valence-electron chi connectivity index (χ0n) is 9.26. The Kier molecular flexibility index (Phi) is 3.39. The van der Waals surface area contributed by atoms with Crippen molar-refractivity contribution in [1.29, 1.82) is 0 Å². The molecule has 1 N–H and O–H groups in total. The lowest BCUT2D eigenvalue weighted by Crippen LogP contribution is -2.05. The molecule has 17 heavy (non-hydrogen) atoms. The molecule has 0 aromatic carbocycles. The third-order valence-electron chi connectivity index (χ3n) is 2.32. The van der Waals surface area contributed by atoms with Gasteiger partial charge in [0.1, 0.15) is 6.10 Å². The van der Waals surface area contributed by atoms with Crippen LogP contribution in [0, 0.1) is 5.82 Å². The number of aliphatic hydroxyl groups is 1. The predicted octanol–water partition coefficient (Wildman–Crippen LogP) is 2.29. The molecule has 2 rings (SSSR count). The quantitative estimate of drug-likeness (QED) is 0.886. The highest BCUT2D eigenvalue weighted by atomic mass is 19.1. The summed E-state index contributed by atoms with van der Waals surface area (Å²) >= 11 is 0. The van der Waals surface area contributed by atoms with Crippen LogP contribution in [0.5, 0.6) is 5.88 Å². The minimum absolute atomic E-state index is 0.104. The van der Waals surface area contributed by atoms with Gasteiger partial charge in [0.15, 0.2) is 5.82 Å². The van der Waals surface area contributed by atoms with E-state index in [-0.39, 0.29) is 11.4 Å². The number of ether oxygens (including phenoxy) is 1. The number of hydrogen-bond acceptors (Lipinski definition) is 4. The van der Waals surface area contributed by atoms with E-state index < -0.39 is 11.9 Å². The molecule has 0 bridgehead atoms. The number of rotatable bonds is 4. The first-order chi connectivity index (χ1) is 8.24. The summed E-state index contributed by atoms with van der Waals surface area (Å²) in [6.45, 7) is 2.05. The van der Waals surface area contributed by atoms with E-state index >= 15 is 0 Å². The fourth-order valence-electron chi connectivity index (χ4n) is 1.50. The zero-order chi connectivity index (χ0) is 12.3. The normalized spacial score (nSPS) is 12.4. The van der Waals surface area contributed by atoms with Crippen LogP contribution >= 0.6 is 0 Å². The van der Waals surface area contributed by atoms with Crippen molar-refractivity contribution in [3.63, 3.8) is 0 Å². The van der Waals surface area contributed by atoms with Crippen LogP contribution in [0.2, 0.25) is 0 Å². The van der Waals surface area contributed by atoms with E-state index in [2.05, 4.69) is 4.98 Å². The van der Waals surface area contributed by atoms with E-state index in [1.807, 2.05) is 0 Å². The van der Waals surface area contributed by atoms with Gasteiger partial charge in [-0.25, -0.2) is 9.37 Å². The van der Waals surface area contributed by atoms with Gasteiger partial charge in [-0.15, -0.1) is 0 Å². The van der Waals surface area contributed by atoms with Gasteiger partial charge in [0.25, 0.3) is 5.88 Å². The van der Waals surface area contributed by atoms with Gasteiger partial charge in [-0.3, -0.25) is 0 Å². The topological polar surface area (TPSA) is 55.5 Å². The Morgan fingerprint density at radius 1 is 1.53 bits per heavy atom. The van der Waals surface area contributed by atoms with Crippen molar-refractivity contribution in [2.75, 3.05) is 6.61 Å². The van der Waals surface area contributed by atoms with Crippen LogP contribution in [0.1, 0.15) is 24.2 Å². The van der Waals surface area contributed by atoms with E-state index in [1.165, 1.54) is 24.8 Å². The molecule has 5 heteroatoms. The maximum Gasteiger partial charge on any atom is 0.250 e. The number of hydrogen-bond donors (Lipinski definition) is 1. The molecule has 0 saturated carbocycles. The first kappa shape index (κ1) is 11.6. The summed E-state index contributed by atoms with van der Waals surface area (Å²) in [6, 6.07) is 2.99. The molecule has 0 aliphatic carbocycles. The lowest BCUT2D eigenvalue weighted by Gasteiger charge is -2.11. The number of pyridine rings is 1. The third kappa shape index (κ3) is 2.29. The summed E-state index contributed by atoms with van der Waals surface area (Å²) < 4.78 is 23.8. The van der Waals surface area contributed by atoms with Crippen molar-refractivity contribution in [2.24, 2.45) is 0 Å². The monoisotopic (exact) mass is 237 g/mol. The largest absolute Gasteiger partial charge is 0.476 e. The van der Waals surface area contributed by atoms with Crippen LogP contribution in [0.15, 0.2) is 35.3 Å². The molecule has 1 unspecified atom stereocenters. The highest BCUT2D eigenvalue weighted by molar-refractivity contribution is 5.31. The van der Waals surface area contributed by atoms with Gasteiger partial charge in [-0.1, -0.05) is 0 Å². The average molecular weight is 237 g/mol.